The third kappa shape index (κ3) is 4.02. The van der Waals surface area contributed by atoms with Crippen LogP contribution < -0.4 is 9.64 Å². The fraction of sp³-hybridized carbons (Fsp3) is 0.636. The molecule has 1 aliphatic carbocycles. The zero-order valence-corrected chi connectivity index (χ0v) is 16.8. The summed E-state index contributed by atoms with van der Waals surface area (Å²) in [7, 11) is 0. The molecule has 152 valence electrons. The topological polar surface area (TPSA) is 53.1 Å². The molecule has 3 fully saturated rings. The molecule has 0 aromatic heterocycles. The van der Waals surface area contributed by atoms with Crippen LogP contribution in [0.2, 0.25) is 0 Å². The largest absolute Gasteiger partial charge is 0.494 e. The van der Waals surface area contributed by atoms with Gasteiger partial charge in [0, 0.05) is 50.9 Å². The van der Waals surface area contributed by atoms with Gasteiger partial charge in [0.15, 0.2) is 0 Å². The van der Waals surface area contributed by atoms with E-state index in [9.17, 15) is 9.59 Å². The summed E-state index contributed by atoms with van der Waals surface area (Å²) in [5.41, 5.74) is 0.842. The van der Waals surface area contributed by atoms with Crippen molar-refractivity contribution in [3.63, 3.8) is 0 Å². The summed E-state index contributed by atoms with van der Waals surface area (Å²) >= 11 is 0. The first-order chi connectivity index (χ1) is 13.7. The summed E-state index contributed by atoms with van der Waals surface area (Å²) in [6.45, 7) is 6.58. The molecule has 0 spiro atoms. The second-order valence-corrected chi connectivity index (χ2v) is 8.13. The average molecular weight is 386 g/mol. The lowest BCUT2D eigenvalue weighted by atomic mass is 10.1. The number of amides is 2. The van der Waals surface area contributed by atoms with E-state index in [0.717, 1.165) is 43.7 Å². The van der Waals surface area contributed by atoms with Gasteiger partial charge in [-0.25, -0.2) is 0 Å². The molecule has 0 bridgehead atoms. The van der Waals surface area contributed by atoms with E-state index in [1.54, 1.807) is 4.90 Å². The van der Waals surface area contributed by atoms with Gasteiger partial charge in [-0.2, -0.15) is 0 Å². The van der Waals surface area contributed by atoms with Crippen LogP contribution in [-0.2, 0) is 9.59 Å². The van der Waals surface area contributed by atoms with Crippen LogP contribution in [0.4, 0.5) is 5.69 Å². The molecule has 1 aromatic rings. The maximum Gasteiger partial charge on any atom is 0.228 e. The van der Waals surface area contributed by atoms with Crippen LogP contribution in [0, 0.1) is 5.92 Å². The standard InChI is InChI=1S/C22H31N3O3/c1-2-28-20-9-7-19(8-10-20)25-16-17(15-21(25)26)22(27)24-13-11-23(12-14-24)18-5-3-4-6-18/h7-10,17-18H,2-6,11-16H2,1H3. The van der Waals surface area contributed by atoms with Gasteiger partial charge in [0.25, 0.3) is 0 Å². The molecule has 1 atom stereocenters. The predicted molar refractivity (Wildman–Crippen MR) is 108 cm³/mol. The van der Waals surface area contributed by atoms with E-state index in [0.29, 0.717) is 19.6 Å². The molecular weight excluding hydrogens is 354 g/mol. The minimum atomic E-state index is -0.225. The number of ether oxygens (including phenoxy) is 1. The lowest BCUT2D eigenvalue weighted by molar-refractivity contribution is -0.137. The van der Waals surface area contributed by atoms with Crippen molar-refractivity contribution in [1.29, 1.82) is 0 Å². The number of carbonyl (C=O) groups excluding carboxylic acids is 2. The SMILES string of the molecule is CCOc1ccc(N2CC(C(=O)N3CCN(C4CCCC4)CC3)CC2=O)cc1. The van der Waals surface area contributed by atoms with Gasteiger partial charge >= 0.3 is 0 Å². The van der Waals surface area contributed by atoms with Crippen molar-refractivity contribution in [1.82, 2.24) is 9.80 Å². The van der Waals surface area contributed by atoms with Gasteiger partial charge in [0.2, 0.25) is 11.8 Å². The highest BCUT2D eigenvalue weighted by Crippen LogP contribution is 2.29. The zero-order valence-electron chi connectivity index (χ0n) is 16.8. The number of piperazine rings is 1. The number of nitrogens with zero attached hydrogens (tertiary/aromatic N) is 3. The summed E-state index contributed by atoms with van der Waals surface area (Å²) < 4.78 is 5.47. The van der Waals surface area contributed by atoms with Crippen molar-refractivity contribution in [2.24, 2.45) is 5.92 Å². The number of carbonyl (C=O) groups is 2. The number of rotatable bonds is 5. The molecule has 3 aliphatic rings. The first-order valence-electron chi connectivity index (χ1n) is 10.7. The monoisotopic (exact) mass is 385 g/mol. The van der Waals surface area contributed by atoms with Crippen LogP contribution in [0.3, 0.4) is 0 Å². The first-order valence-corrected chi connectivity index (χ1v) is 10.7. The van der Waals surface area contributed by atoms with E-state index < -0.39 is 0 Å². The normalized spacial score (nSPS) is 24.2. The summed E-state index contributed by atoms with van der Waals surface area (Å²) in [6, 6.07) is 8.28. The maximum absolute atomic E-state index is 13.0. The number of anilines is 1. The van der Waals surface area contributed by atoms with E-state index in [4.69, 9.17) is 4.74 Å². The third-order valence-corrected chi connectivity index (χ3v) is 6.40. The molecule has 0 radical (unpaired) electrons. The van der Waals surface area contributed by atoms with Crippen LogP contribution in [0.25, 0.3) is 0 Å². The average Bonchev–Trinajstić information content (AvgIpc) is 3.39. The van der Waals surface area contributed by atoms with Gasteiger partial charge in [-0.05, 0) is 44.0 Å². The predicted octanol–water partition coefficient (Wildman–Crippen LogP) is 2.53. The summed E-state index contributed by atoms with van der Waals surface area (Å²) in [5, 5.41) is 0. The van der Waals surface area contributed by atoms with Crippen LogP contribution in [-0.4, -0.2) is 67.0 Å². The Bertz CT molecular complexity index is 691. The van der Waals surface area contributed by atoms with Crippen molar-refractivity contribution in [2.45, 2.75) is 45.1 Å². The zero-order chi connectivity index (χ0) is 19.5. The number of benzene rings is 1. The van der Waals surface area contributed by atoms with E-state index in [2.05, 4.69) is 4.90 Å². The van der Waals surface area contributed by atoms with Crippen LogP contribution in [0.1, 0.15) is 39.0 Å². The molecule has 28 heavy (non-hydrogen) atoms. The second kappa shape index (κ2) is 8.52. The van der Waals surface area contributed by atoms with Gasteiger partial charge in [-0.3, -0.25) is 14.5 Å². The lowest BCUT2D eigenvalue weighted by Crippen LogP contribution is -2.52. The Balaban J connectivity index is 1.32. The highest BCUT2D eigenvalue weighted by molar-refractivity contribution is 6.00. The van der Waals surface area contributed by atoms with E-state index in [-0.39, 0.29) is 17.7 Å². The summed E-state index contributed by atoms with van der Waals surface area (Å²) in [6.07, 6.45) is 5.61. The van der Waals surface area contributed by atoms with Crippen molar-refractivity contribution in [2.75, 3.05) is 44.2 Å². The van der Waals surface area contributed by atoms with Crippen LogP contribution >= 0.6 is 0 Å². The summed E-state index contributed by atoms with van der Waals surface area (Å²) in [5.74, 6) is 0.753. The minimum absolute atomic E-state index is 0.0344. The van der Waals surface area contributed by atoms with Crippen molar-refractivity contribution < 1.29 is 14.3 Å². The van der Waals surface area contributed by atoms with Crippen molar-refractivity contribution >= 4 is 17.5 Å². The molecule has 2 aliphatic heterocycles. The third-order valence-electron chi connectivity index (χ3n) is 6.40. The Morgan fingerprint density at radius 1 is 1.07 bits per heavy atom. The summed E-state index contributed by atoms with van der Waals surface area (Å²) in [4.78, 5) is 31.8. The number of hydrogen-bond donors (Lipinski definition) is 0. The Kier molecular flexibility index (Phi) is 5.85. The van der Waals surface area contributed by atoms with E-state index >= 15 is 0 Å². The molecule has 6 heteroatoms. The Morgan fingerprint density at radius 3 is 2.39 bits per heavy atom. The maximum atomic E-state index is 13.0. The second-order valence-electron chi connectivity index (χ2n) is 8.13. The molecule has 6 nitrogen and oxygen atoms in total. The Labute approximate surface area is 167 Å². The molecule has 2 heterocycles. The highest BCUT2D eigenvalue weighted by Gasteiger charge is 2.38. The van der Waals surface area contributed by atoms with Gasteiger partial charge in [0.05, 0.1) is 12.5 Å². The van der Waals surface area contributed by atoms with Crippen LogP contribution in [0.15, 0.2) is 24.3 Å². The van der Waals surface area contributed by atoms with Gasteiger partial charge in [-0.1, -0.05) is 12.8 Å². The molecule has 1 unspecified atom stereocenters. The lowest BCUT2D eigenvalue weighted by Gasteiger charge is -2.38. The Morgan fingerprint density at radius 2 is 1.75 bits per heavy atom. The highest BCUT2D eigenvalue weighted by atomic mass is 16.5. The smallest absolute Gasteiger partial charge is 0.228 e. The van der Waals surface area contributed by atoms with Crippen molar-refractivity contribution in [3.8, 4) is 5.75 Å². The molecule has 4 rings (SSSR count). The van der Waals surface area contributed by atoms with Gasteiger partial charge in [-0.15, -0.1) is 0 Å². The fourth-order valence-corrected chi connectivity index (χ4v) is 4.85. The molecule has 0 N–H and O–H groups in total. The fourth-order valence-electron chi connectivity index (χ4n) is 4.85. The molecule has 1 saturated carbocycles. The first kappa shape index (κ1) is 19.2. The van der Waals surface area contributed by atoms with E-state index in [1.165, 1.54) is 25.7 Å². The number of hydrogen-bond acceptors (Lipinski definition) is 4. The van der Waals surface area contributed by atoms with E-state index in [1.807, 2.05) is 36.1 Å². The Hall–Kier alpha value is -2.08. The molecule has 2 amide bonds. The molecule has 1 aromatic carbocycles. The molecule has 2 saturated heterocycles. The van der Waals surface area contributed by atoms with Crippen molar-refractivity contribution in [3.05, 3.63) is 24.3 Å². The van der Waals surface area contributed by atoms with Crippen LogP contribution in [0.5, 0.6) is 5.75 Å². The molecular formula is C22H31N3O3. The van der Waals surface area contributed by atoms with Gasteiger partial charge < -0.3 is 14.5 Å². The van der Waals surface area contributed by atoms with Gasteiger partial charge in [0.1, 0.15) is 5.75 Å². The quantitative estimate of drug-likeness (QED) is 0.782. The minimum Gasteiger partial charge on any atom is -0.494 e.